The van der Waals surface area contributed by atoms with Crippen LogP contribution >= 0.6 is 0 Å². The number of rotatable bonds is 3. The average Bonchev–Trinajstić information content (AvgIpc) is 3.00. The first-order chi connectivity index (χ1) is 11.6. The molecule has 0 saturated carbocycles. The molecule has 0 bridgehead atoms. The number of hydrogen-bond donors (Lipinski definition) is 0. The molecule has 0 amide bonds. The molecular weight excluding hydrogens is 302 g/mol. The molecule has 1 aliphatic rings. The minimum Gasteiger partial charge on any atom is -0.294 e. The van der Waals surface area contributed by atoms with Gasteiger partial charge < -0.3 is 0 Å². The van der Waals surface area contributed by atoms with E-state index in [-0.39, 0.29) is 11.6 Å². The van der Waals surface area contributed by atoms with Gasteiger partial charge in [0.05, 0.1) is 12.7 Å². The monoisotopic (exact) mass is 323 g/mol. The fourth-order valence-corrected chi connectivity index (χ4v) is 3.29. The molecule has 0 N–H and O–H groups in total. The Balaban J connectivity index is 1.70. The number of fused-ring (bicyclic) bond motifs is 2. The quantitative estimate of drug-likeness (QED) is 0.741. The van der Waals surface area contributed by atoms with Gasteiger partial charge in [0.1, 0.15) is 11.2 Å². The Kier molecular flexibility index (Phi) is 3.69. The molecule has 0 aliphatic carbocycles. The summed E-state index contributed by atoms with van der Waals surface area (Å²) < 4.78 is 3.63. The summed E-state index contributed by atoms with van der Waals surface area (Å²) in [6.07, 6.45) is 1.65. The van der Waals surface area contributed by atoms with Gasteiger partial charge in [-0.05, 0) is 19.4 Å². The molecule has 6 heteroatoms. The molecule has 0 fully saturated rings. The third-order valence-electron chi connectivity index (χ3n) is 4.53. The maximum Gasteiger partial charge on any atom is 0.264 e. The van der Waals surface area contributed by atoms with Crippen LogP contribution in [0, 0.1) is 0 Å². The molecule has 3 aromatic rings. The molecule has 2 aromatic heterocycles. The van der Waals surface area contributed by atoms with Gasteiger partial charge in [-0.15, -0.1) is 0 Å². The van der Waals surface area contributed by atoms with Gasteiger partial charge in [0.15, 0.2) is 5.65 Å². The number of aromatic nitrogens is 4. The fraction of sp³-hybridized carbons (Fsp3) is 0.389. The third kappa shape index (κ3) is 2.53. The maximum absolute atomic E-state index is 12.7. The molecule has 0 atom stereocenters. The van der Waals surface area contributed by atoms with Crippen LogP contribution in [0.15, 0.2) is 41.3 Å². The average molecular weight is 323 g/mol. The van der Waals surface area contributed by atoms with E-state index < -0.39 is 0 Å². The standard InChI is InChI=1S/C18H21N5O/c1-13(2)23-17-15(10-19-23)18(24)22-9-8-21(12-16(22)20-17)11-14-6-4-3-5-7-14/h3-7,10,13H,8-9,11-12H2,1-2H3. The van der Waals surface area contributed by atoms with E-state index in [1.807, 2.05) is 24.6 Å². The third-order valence-corrected chi connectivity index (χ3v) is 4.53. The van der Waals surface area contributed by atoms with Crippen LogP contribution in [0.5, 0.6) is 0 Å². The van der Waals surface area contributed by atoms with Crippen molar-refractivity contribution in [2.24, 2.45) is 0 Å². The lowest BCUT2D eigenvalue weighted by Crippen LogP contribution is -2.39. The van der Waals surface area contributed by atoms with E-state index in [2.05, 4.69) is 34.3 Å². The first-order valence-corrected chi connectivity index (χ1v) is 8.36. The first kappa shape index (κ1) is 15.1. The van der Waals surface area contributed by atoms with Crippen LogP contribution < -0.4 is 5.56 Å². The summed E-state index contributed by atoms with van der Waals surface area (Å²) in [5.74, 6) is 0.831. The van der Waals surface area contributed by atoms with E-state index in [0.717, 1.165) is 18.9 Å². The van der Waals surface area contributed by atoms with Crippen LogP contribution in [0.4, 0.5) is 0 Å². The summed E-state index contributed by atoms with van der Waals surface area (Å²) >= 11 is 0. The first-order valence-electron chi connectivity index (χ1n) is 8.36. The second-order valence-corrected chi connectivity index (χ2v) is 6.60. The second kappa shape index (κ2) is 5.87. The van der Waals surface area contributed by atoms with E-state index in [1.165, 1.54) is 5.56 Å². The van der Waals surface area contributed by atoms with Crippen LogP contribution in [0.3, 0.4) is 0 Å². The molecule has 4 rings (SSSR count). The predicted octanol–water partition coefficient (Wildman–Crippen LogP) is 2.19. The zero-order valence-electron chi connectivity index (χ0n) is 14.0. The highest BCUT2D eigenvalue weighted by Gasteiger charge is 2.22. The topological polar surface area (TPSA) is 56.0 Å². The summed E-state index contributed by atoms with van der Waals surface area (Å²) in [6.45, 7) is 7.19. The molecule has 0 unspecified atom stereocenters. The maximum atomic E-state index is 12.7. The molecule has 1 aromatic carbocycles. The van der Waals surface area contributed by atoms with Crippen molar-refractivity contribution in [2.75, 3.05) is 6.54 Å². The summed E-state index contributed by atoms with van der Waals surface area (Å²) in [4.78, 5) is 19.8. The SMILES string of the molecule is CC(C)n1ncc2c(=O)n3c(nc21)CN(Cc1ccccc1)CC3. The van der Waals surface area contributed by atoms with Crippen LogP contribution in [0.1, 0.15) is 31.3 Å². The Morgan fingerprint density at radius 1 is 1.17 bits per heavy atom. The molecule has 24 heavy (non-hydrogen) atoms. The Bertz CT molecular complexity index is 926. The molecule has 124 valence electrons. The smallest absolute Gasteiger partial charge is 0.264 e. The highest BCUT2D eigenvalue weighted by Crippen LogP contribution is 2.17. The zero-order valence-corrected chi connectivity index (χ0v) is 14.0. The van der Waals surface area contributed by atoms with Crippen molar-refractivity contribution in [1.82, 2.24) is 24.2 Å². The van der Waals surface area contributed by atoms with Gasteiger partial charge in [-0.2, -0.15) is 5.10 Å². The largest absolute Gasteiger partial charge is 0.294 e. The lowest BCUT2D eigenvalue weighted by Gasteiger charge is -2.29. The summed E-state index contributed by atoms with van der Waals surface area (Å²) in [7, 11) is 0. The van der Waals surface area contributed by atoms with Crippen LogP contribution in [-0.4, -0.2) is 30.8 Å². The van der Waals surface area contributed by atoms with Gasteiger partial charge in [-0.25, -0.2) is 9.67 Å². The van der Waals surface area contributed by atoms with E-state index in [4.69, 9.17) is 4.98 Å². The number of nitrogens with zero attached hydrogens (tertiary/aromatic N) is 5. The minimum atomic E-state index is 0.0289. The number of benzene rings is 1. The fourth-order valence-electron chi connectivity index (χ4n) is 3.29. The molecule has 3 heterocycles. The summed E-state index contributed by atoms with van der Waals surface area (Å²) in [5, 5.41) is 4.96. The van der Waals surface area contributed by atoms with Gasteiger partial charge in [0.25, 0.3) is 5.56 Å². The summed E-state index contributed by atoms with van der Waals surface area (Å²) in [6, 6.07) is 10.6. The molecule has 0 saturated heterocycles. The molecule has 0 radical (unpaired) electrons. The highest BCUT2D eigenvalue weighted by atomic mass is 16.1. The van der Waals surface area contributed by atoms with Crippen molar-refractivity contribution in [3.8, 4) is 0 Å². The van der Waals surface area contributed by atoms with Crippen LogP contribution in [0.2, 0.25) is 0 Å². The van der Waals surface area contributed by atoms with Gasteiger partial charge >= 0.3 is 0 Å². The minimum absolute atomic E-state index is 0.0289. The summed E-state index contributed by atoms with van der Waals surface area (Å²) in [5.41, 5.74) is 2.01. The number of hydrogen-bond acceptors (Lipinski definition) is 4. The van der Waals surface area contributed by atoms with Crippen molar-refractivity contribution in [3.05, 3.63) is 58.3 Å². The van der Waals surface area contributed by atoms with Crippen LogP contribution in [0.25, 0.3) is 11.0 Å². The van der Waals surface area contributed by atoms with Gasteiger partial charge in [0.2, 0.25) is 0 Å². The molecular formula is C18H21N5O. The van der Waals surface area contributed by atoms with E-state index >= 15 is 0 Å². The highest BCUT2D eigenvalue weighted by molar-refractivity contribution is 5.73. The van der Waals surface area contributed by atoms with E-state index in [0.29, 0.717) is 24.1 Å². The lowest BCUT2D eigenvalue weighted by atomic mass is 10.2. The van der Waals surface area contributed by atoms with Crippen molar-refractivity contribution in [3.63, 3.8) is 0 Å². The van der Waals surface area contributed by atoms with Gasteiger partial charge in [-0.3, -0.25) is 14.3 Å². The molecule has 0 spiro atoms. The normalized spacial score (nSPS) is 15.1. The lowest BCUT2D eigenvalue weighted by molar-refractivity contribution is 0.204. The van der Waals surface area contributed by atoms with Crippen molar-refractivity contribution >= 4 is 11.0 Å². The van der Waals surface area contributed by atoms with E-state index in [9.17, 15) is 4.79 Å². The Labute approximate surface area is 140 Å². The predicted molar refractivity (Wildman–Crippen MR) is 92.7 cm³/mol. The Morgan fingerprint density at radius 2 is 1.96 bits per heavy atom. The van der Waals surface area contributed by atoms with Crippen LogP contribution in [-0.2, 0) is 19.6 Å². The van der Waals surface area contributed by atoms with Crippen molar-refractivity contribution in [1.29, 1.82) is 0 Å². The second-order valence-electron chi connectivity index (χ2n) is 6.60. The van der Waals surface area contributed by atoms with Gasteiger partial charge in [0, 0.05) is 25.7 Å². The van der Waals surface area contributed by atoms with E-state index in [1.54, 1.807) is 10.8 Å². The van der Waals surface area contributed by atoms with Crippen molar-refractivity contribution < 1.29 is 0 Å². The Morgan fingerprint density at radius 3 is 2.71 bits per heavy atom. The zero-order chi connectivity index (χ0) is 16.7. The molecule has 6 nitrogen and oxygen atoms in total. The van der Waals surface area contributed by atoms with Crippen molar-refractivity contribution in [2.45, 2.75) is 39.5 Å². The van der Waals surface area contributed by atoms with Gasteiger partial charge in [-0.1, -0.05) is 30.3 Å². The Hall–Kier alpha value is -2.47. The molecule has 1 aliphatic heterocycles.